The number of rotatable bonds is 6. The van der Waals surface area contributed by atoms with E-state index in [2.05, 4.69) is 44.2 Å². The third-order valence-corrected chi connectivity index (χ3v) is 6.71. The molecule has 2 aliphatic rings. The maximum absolute atomic E-state index is 12.1. The van der Waals surface area contributed by atoms with Gasteiger partial charge in [0.25, 0.3) is 0 Å². The molecule has 2 aromatic carbocycles. The highest BCUT2D eigenvalue weighted by Crippen LogP contribution is 2.52. The Labute approximate surface area is 164 Å². The summed E-state index contributed by atoms with van der Waals surface area (Å²) in [5.41, 5.74) is 2.70. The zero-order valence-corrected chi connectivity index (χ0v) is 16.6. The predicted molar refractivity (Wildman–Crippen MR) is 112 cm³/mol. The molecule has 1 saturated carbocycles. The Hall–Kier alpha value is -1.86. The summed E-state index contributed by atoms with van der Waals surface area (Å²) in [6, 6.07) is 20.6. The van der Waals surface area contributed by atoms with Gasteiger partial charge in [-0.3, -0.25) is 0 Å². The molecule has 2 aromatic rings. The van der Waals surface area contributed by atoms with E-state index in [1.54, 1.807) is 5.57 Å². The third-order valence-electron chi connectivity index (χ3n) is 6.71. The van der Waals surface area contributed by atoms with Crippen LogP contribution in [0, 0.1) is 23.7 Å². The van der Waals surface area contributed by atoms with E-state index in [9.17, 15) is 5.11 Å². The Balaban J connectivity index is 1.72. The normalized spacial score (nSPS) is 24.9. The van der Waals surface area contributed by atoms with Gasteiger partial charge in [-0.2, -0.15) is 0 Å². The van der Waals surface area contributed by atoms with Crippen LogP contribution in [0.1, 0.15) is 57.1 Å². The van der Waals surface area contributed by atoms with Crippen molar-refractivity contribution in [2.24, 2.45) is 23.7 Å². The molecule has 0 spiro atoms. The first kappa shape index (κ1) is 18.5. The van der Waals surface area contributed by atoms with Crippen LogP contribution in [0.4, 0.5) is 0 Å². The van der Waals surface area contributed by atoms with Crippen LogP contribution in [0.15, 0.2) is 72.3 Å². The number of allylic oxidation sites excluding steroid dienone is 2. The minimum Gasteiger partial charge on any atom is -0.380 e. The first-order valence-corrected chi connectivity index (χ1v) is 10.6. The molecule has 0 aromatic heterocycles. The minimum absolute atomic E-state index is 0.491. The quantitative estimate of drug-likeness (QED) is 0.597. The number of fused-ring (bicyclic) bond motifs is 1. The van der Waals surface area contributed by atoms with Crippen LogP contribution >= 0.6 is 0 Å². The molecule has 2 aliphatic carbocycles. The maximum atomic E-state index is 12.1. The van der Waals surface area contributed by atoms with Gasteiger partial charge in [0.05, 0.1) is 0 Å². The molecule has 4 rings (SSSR count). The number of benzene rings is 2. The Morgan fingerprint density at radius 2 is 1.52 bits per heavy atom. The fourth-order valence-electron chi connectivity index (χ4n) is 5.52. The van der Waals surface area contributed by atoms with Gasteiger partial charge in [0.15, 0.2) is 0 Å². The van der Waals surface area contributed by atoms with Gasteiger partial charge in [-0.1, -0.05) is 92.6 Å². The van der Waals surface area contributed by atoms with E-state index in [1.807, 2.05) is 36.4 Å². The molecule has 0 saturated heterocycles. The Morgan fingerprint density at radius 3 is 2.07 bits per heavy atom. The van der Waals surface area contributed by atoms with Crippen molar-refractivity contribution < 1.29 is 5.11 Å². The van der Waals surface area contributed by atoms with Crippen molar-refractivity contribution in [3.63, 3.8) is 0 Å². The minimum atomic E-state index is -0.930. The van der Waals surface area contributed by atoms with Crippen LogP contribution in [-0.2, 0) is 5.60 Å². The lowest BCUT2D eigenvalue weighted by Gasteiger charge is -2.35. The highest BCUT2D eigenvalue weighted by molar-refractivity contribution is 5.37. The molecule has 0 aliphatic heterocycles. The average Bonchev–Trinajstić information content (AvgIpc) is 3.25. The van der Waals surface area contributed by atoms with Gasteiger partial charge in [0.1, 0.15) is 5.60 Å². The predicted octanol–water partition coefficient (Wildman–Crippen LogP) is 6.33. The fourth-order valence-corrected chi connectivity index (χ4v) is 5.52. The highest BCUT2D eigenvalue weighted by Gasteiger charge is 2.44. The summed E-state index contributed by atoms with van der Waals surface area (Å²) in [6.45, 7) is 4.62. The molecule has 1 heteroatoms. The molecule has 0 amide bonds. The fraction of sp³-hybridized carbons (Fsp3) is 0.462. The summed E-state index contributed by atoms with van der Waals surface area (Å²) in [5, 5.41) is 12.1. The maximum Gasteiger partial charge on any atom is 0.115 e. The molecule has 0 bridgehead atoms. The van der Waals surface area contributed by atoms with E-state index in [1.165, 1.54) is 19.3 Å². The van der Waals surface area contributed by atoms with Gasteiger partial charge >= 0.3 is 0 Å². The lowest BCUT2D eigenvalue weighted by atomic mass is 9.73. The van der Waals surface area contributed by atoms with E-state index in [0.29, 0.717) is 11.8 Å². The first-order chi connectivity index (χ1) is 13.1. The third kappa shape index (κ3) is 3.62. The topological polar surface area (TPSA) is 20.2 Å². The van der Waals surface area contributed by atoms with Crippen LogP contribution in [0.25, 0.3) is 0 Å². The molecule has 0 unspecified atom stereocenters. The van der Waals surface area contributed by atoms with Gasteiger partial charge in [-0.05, 0) is 60.5 Å². The zero-order valence-electron chi connectivity index (χ0n) is 16.6. The van der Waals surface area contributed by atoms with Crippen molar-refractivity contribution in [1.82, 2.24) is 0 Å². The van der Waals surface area contributed by atoms with Gasteiger partial charge in [-0.25, -0.2) is 0 Å². The van der Waals surface area contributed by atoms with Gasteiger partial charge in [-0.15, -0.1) is 0 Å². The summed E-state index contributed by atoms with van der Waals surface area (Å²) >= 11 is 0. The van der Waals surface area contributed by atoms with Crippen LogP contribution in [0.2, 0.25) is 0 Å². The highest BCUT2D eigenvalue weighted by atomic mass is 16.3. The van der Waals surface area contributed by atoms with E-state index in [4.69, 9.17) is 0 Å². The number of hydrogen-bond donors (Lipinski definition) is 1. The van der Waals surface area contributed by atoms with E-state index < -0.39 is 5.60 Å². The molecule has 1 nitrogen and oxygen atoms in total. The van der Waals surface area contributed by atoms with E-state index >= 15 is 0 Å². The van der Waals surface area contributed by atoms with Crippen molar-refractivity contribution in [1.29, 1.82) is 0 Å². The van der Waals surface area contributed by atoms with Crippen molar-refractivity contribution in [2.75, 3.05) is 0 Å². The summed E-state index contributed by atoms with van der Waals surface area (Å²) in [7, 11) is 0. The lowest BCUT2D eigenvalue weighted by molar-refractivity contribution is 0.0475. The van der Waals surface area contributed by atoms with Crippen LogP contribution < -0.4 is 0 Å². The van der Waals surface area contributed by atoms with Crippen LogP contribution in [0.5, 0.6) is 0 Å². The summed E-state index contributed by atoms with van der Waals surface area (Å²) in [6.07, 6.45) is 8.52. The molecular formula is C26H32O. The Bertz CT molecular complexity index is 735. The largest absolute Gasteiger partial charge is 0.380 e. The van der Waals surface area contributed by atoms with Crippen molar-refractivity contribution in [2.45, 2.75) is 51.6 Å². The smallest absolute Gasteiger partial charge is 0.115 e. The second-order valence-electron chi connectivity index (χ2n) is 9.00. The second kappa shape index (κ2) is 7.64. The molecule has 1 fully saturated rings. The van der Waals surface area contributed by atoms with Gasteiger partial charge in [0.2, 0.25) is 0 Å². The molecular weight excluding hydrogens is 328 g/mol. The summed E-state index contributed by atoms with van der Waals surface area (Å²) in [4.78, 5) is 0. The van der Waals surface area contributed by atoms with Crippen LogP contribution in [0.3, 0.4) is 0 Å². The SMILES string of the molecule is CC(C)CC1=C[C@H]2CCC[C@H]2[C@@H]1CC(O)(c1ccccc1)c1ccccc1. The van der Waals surface area contributed by atoms with Crippen LogP contribution in [-0.4, -0.2) is 5.11 Å². The second-order valence-corrected chi connectivity index (χ2v) is 9.00. The van der Waals surface area contributed by atoms with Crippen molar-refractivity contribution in [3.8, 4) is 0 Å². The zero-order chi connectivity index (χ0) is 18.9. The molecule has 0 radical (unpaired) electrons. The van der Waals surface area contributed by atoms with E-state index in [0.717, 1.165) is 35.8 Å². The molecule has 0 heterocycles. The summed E-state index contributed by atoms with van der Waals surface area (Å²) in [5.74, 6) is 2.61. The first-order valence-electron chi connectivity index (χ1n) is 10.6. The van der Waals surface area contributed by atoms with Gasteiger partial charge in [0, 0.05) is 0 Å². The molecule has 27 heavy (non-hydrogen) atoms. The average molecular weight is 361 g/mol. The Kier molecular flexibility index (Phi) is 5.23. The monoisotopic (exact) mass is 360 g/mol. The molecule has 3 atom stereocenters. The van der Waals surface area contributed by atoms with E-state index in [-0.39, 0.29) is 0 Å². The summed E-state index contributed by atoms with van der Waals surface area (Å²) < 4.78 is 0. The van der Waals surface area contributed by atoms with Gasteiger partial charge < -0.3 is 5.11 Å². The van der Waals surface area contributed by atoms with Crippen molar-refractivity contribution >= 4 is 0 Å². The molecule has 142 valence electrons. The Morgan fingerprint density at radius 1 is 0.926 bits per heavy atom. The number of aliphatic hydroxyl groups is 1. The molecule has 1 N–H and O–H groups in total. The standard InChI is InChI=1S/C26H32O/c1-19(2)16-21-17-20-10-9-15-24(20)25(21)18-26(27,22-11-5-3-6-12-22)23-13-7-4-8-14-23/h3-8,11-14,17,19-20,24-25,27H,9-10,15-16,18H2,1-2H3/t20-,24-,25-/m1/s1. The van der Waals surface area contributed by atoms with Crippen molar-refractivity contribution in [3.05, 3.63) is 83.4 Å². The number of hydrogen-bond acceptors (Lipinski definition) is 1. The lowest BCUT2D eigenvalue weighted by Crippen LogP contribution is -2.32.